The Kier molecular flexibility index (Phi) is 2.94. The molecule has 1 aromatic rings. The molecule has 1 saturated heterocycles. The summed E-state index contributed by atoms with van der Waals surface area (Å²) in [7, 11) is 0. The molecule has 3 heteroatoms. The predicted molar refractivity (Wildman–Crippen MR) is 58.0 cm³/mol. The second-order valence-corrected chi connectivity index (χ2v) is 4.13. The Morgan fingerprint density at radius 2 is 2.29 bits per heavy atom. The van der Waals surface area contributed by atoms with Gasteiger partial charge in [-0.15, -0.1) is 0 Å². The lowest BCUT2D eigenvalue weighted by Gasteiger charge is -2.23. The lowest BCUT2D eigenvalue weighted by molar-refractivity contribution is 0.426. The average Bonchev–Trinajstić information content (AvgIpc) is 2.23. The molecule has 0 aromatic heterocycles. The minimum Gasteiger partial charge on any atom is -0.506 e. The van der Waals surface area contributed by atoms with Crippen LogP contribution in [0, 0.1) is 0 Å². The van der Waals surface area contributed by atoms with Gasteiger partial charge >= 0.3 is 0 Å². The molecule has 1 heterocycles. The van der Waals surface area contributed by atoms with E-state index in [4.69, 9.17) is 11.6 Å². The Morgan fingerprint density at radius 1 is 1.43 bits per heavy atom. The van der Waals surface area contributed by atoms with Crippen LogP contribution in [0.4, 0.5) is 0 Å². The molecule has 1 atom stereocenters. The normalized spacial score (nSPS) is 22.2. The summed E-state index contributed by atoms with van der Waals surface area (Å²) in [5.41, 5.74) is 0.977. The second-order valence-electron chi connectivity index (χ2n) is 3.72. The van der Waals surface area contributed by atoms with Crippen LogP contribution < -0.4 is 5.32 Å². The third-order valence-electron chi connectivity index (χ3n) is 2.75. The van der Waals surface area contributed by atoms with Gasteiger partial charge in [0.1, 0.15) is 5.75 Å². The number of nitrogens with one attached hydrogen (secondary N) is 1. The minimum absolute atomic E-state index is 0.253. The highest BCUT2D eigenvalue weighted by atomic mass is 35.5. The lowest BCUT2D eigenvalue weighted by Crippen LogP contribution is -2.28. The Bertz CT molecular complexity index is 321. The monoisotopic (exact) mass is 211 g/mol. The lowest BCUT2D eigenvalue weighted by atomic mass is 9.91. The number of benzene rings is 1. The molecule has 2 nitrogen and oxygen atoms in total. The van der Waals surface area contributed by atoms with Gasteiger partial charge in [-0.2, -0.15) is 0 Å². The van der Waals surface area contributed by atoms with E-state index in [2.05, 4.69) is 5.32 Å². The molecule has 0 spiro atoms. The molecule has 1 aliphatic rings. The standard InChI is InChI=1S/C11H14ClNO/c12-10-5-1-4-9(11(10)14)8-3-2-6-13-7-8/h1,4-5,8,13-14H,2-3,6-7H2. The molecular weight excluding hydrogens is 198 g/mol. The second kappa shape index (κ2) is 4.20. The number of halogens is 1. The van der Waals surface area contributed by atoms with E-state index < -0.39 is 0 Å². The SMILES string of the molecule is Oc1c(Cl)cccc1C1CCCNC1. The van der Waals surface area contributed by atoms with E-state index in [0.29, 0.717) is 10.9 Å². The van der Waals surface area contributed by atoms with Crippen molar-refractivity contribution >= 4 is 11.6 Å². The maximum atomic E-state index is 9.79. The third kappa shape index (κ3) is 1.86. The first kappa shape index (κ1) is 9.81. The van der Waals surface area contributed by atoms with Gasteiger partial charge in [0.15, 0.2) is 0 Å². The molecule has 0 saturated carbocycles. The van der Waals surface area contributed by atoms with Gasteiger partial charge in [0, 0.05) is 12.5 Å². The maximum absolute atomic E-state index is 9.79. The molecule has 14 heavy (non-hydrogen) atoms. The summed E-state index contributed by atoms with van der Waals surface area (Å²) < 4.78 is 0. The highest BCUT2D eigenvalue weighted by Gasteiger charge is 2.18. The van der Waals surface area contributed by atoms with Crippen molar-refractivity contribution in [2.45, 2.75) is 18.8 Å². The zero-order valence-electron chi connectivity index (χ0n) is 7.96. The van der Waals surface area contributed by atoms with Crippen LogP contribution >= 0.6 is 11.6 Å². The van der Waals surface area contributed by atoms with Gasteiger partial charge in [0.25, 0.3) is 0 Å². The average molecular weight is 212 g/mol. The van der Waals surface area contributed by atoms with Crippen LogP contribution in [0.3, 0.4) is 0 Å². The summed E-state index contributed by atoms with van der Waals surface area (Å²) in [6.45, 7) is 2.02. The minimum atomic E-state index is 0.253. The van der Waals surface area contributed by atoms with Crippen molar-refractivity contribution in [1.29, 1.82) is 0 Å². The smallest absolute Gasteiger partial charge is 0.137 e. The summed E-state index contributed by atoms with van der Waals surface area (Å²) in [6.07, 6.45) is 2.29. The summed E-state index contributed by atoms with van der Waals surface area (Å²) >= 11 is 5.86. The molecule has 0 aliphatic carbocycles. The van der Waals surface area contributed by atoms with E-state index >= 15 is 0 Å². The van der Waals surface area contributed by atoms with Crippen molar-refractivity contribution in [3.8, 4) is 5.75 Å². The van der Waals surface area contributed by atoms with Gasteiger partial charge in [-0.05, 0) is 31.0 Å². The van der Waals surface area contributed by atoms with Crippen molar-refractivity contribution < 1.29 is 5.11 Å². The molecule has 1 unspecified atom stereocenters. The third-order valence-corrected chi connectivity index (χ3v) is 3.06. The van der Waals surface area contributed by atoms with Gasteiger partial charge < -0.3 is 10.4 Å². The number of phenols is 1. The number of piperidine rings is 1. The van der Waals surface area contributed by atoms with Crippen LogP contribution in [0.25, 0.3) is 0 Å². The van der Waals surface area contributed by atoms with E-state index in [1.54, 1.807) is 6.07 Å². The maximum Gasteiger partial charge on any atom is 0.137 e. The van der Waals surface area contributed by atoms with Crippen molar-refractivity contribution in [2.75, 3.05) is 13.1 Å². The van der Waals surface area contributed by atoms with Crippen molar-refractivity contribution in [3.63, 3.8) is 0 Å². The number of phenolic OH excluding ortho intramolecular Hbond substituents is 1. The number of hydrogen-bond donors (Lipinski definition) is 2. The fourth-order valence-corrected chi connectivity index (χ4v) is 2.16. The molecule has 1 fully saturated rings. The fraction of sp³-hybridized carbons (Fsp3) is 0.455. The number of hydrogen-bond acceptors (Lipinski definition) is 2. The molecule has 1 aromatic carbocycles. The molecule has 2 rings (SSSR count). The van der Waals surface area contributed by atoms with Crippen molar-refractivity contribution in [1.82, 2.24) is 5.32 Å². The van der Waals surface area contributed by atoms with Crippen molar-refractivity contribution in [3.05, 3.63) is 28.8 Å². The van der Waals surface area contributed by atoms with E-state index in [9.17, 15) is 5.11 Å². The molecule has 0 amide bonds. The highest BCUT2D eigenvalue weighted by molar-refractivity contribution is 6.32. The number of rotatable bonds is 1. The van der Waals surface area contributed by atoms with Gasteiger partial charge in [-0.3, -0.25) is 0 Å². The van der Waals surface area contributed by atoms with Gasteiger partial charge in [-0.1, -0.05) is 23.7 Å². The Morgan fingerprint density at radius 3 is 3.00 bits per heavy atom. The summed E-state index contributed by atoms with van der Waals surface area (Å²) in [4.78, 5) is 0. The van der Waals surface area contributed by atoms with E-state index in [1.807, 2.05) is 12.1 Å². The molecule has 0 bridgehead atoms. The van der Waals surface area contributed by atoms with Gasteiger partial charge in [-0.25, -0.2) is 0 Å². The first-order chi connectivity index (χ1) is 6.79. The predicted octanol–water partition coefficient (Wildman–Crippen LogP) is 2.51. The Balaban J connectivity index is 2.26. The van der Waals surface area contributed by atoms with Crippen LogP contribution in [-0.2, 0) is 0 Å². The molecule has 2 N–H and O–H groups in total. The summed E-state index contributed by atoms with van der Waals surface area (Å²) in [5.74, 6) is 0.658. The van der Waals surface area contributed by atoms with Gasteiger partial charge in [0.05, 0.1) is 5.02 Å². The van der Waals surface area contributed by atoms with E-state index in [1.165, 1.54) is 0 Å². The molecule has 76 valence electrons. The quantitative estimate of drug-likeness (QED) is 0.748. The molecule has 0 radical (unpaired) electrons. The van der Waals surface area contributed by atoms with Crippen LogP contribution in [0.5, 0.6) is 5.75 Å². The zero-order chi connectivity index (χ0) is 9.97. The Hall–Kier alpha value is -0.730. The first-order valence-corrected chi connectivity index (χ1v) is 5.35. The van der Waals surface area contributed by atoms with E-state index in [-0.39, 0.29) is 5.75 Å². The van der Waals surface area contributed by atoms with Crippen LogP contribution in [0.2, 0.25) is 5.02 Å². The zero-order valence-corrected chi connectivity index (χ0v) is 8.72. The van der Waals surface area contributed by atoms with Gasteiger partial charge in [0.2, 0.25) is 0 Å². The topological polar surface area (TPSA) is 32.3 Å². The summed E-state index contributed by atoms with van der Waals surface area (Å²) in [5, 5.41) is 13.6. The fourth-order valence-electron chi connectivity index (χ4n) is 1.98. The molecule has 1 aliphatic heterocycles. The van der Waals surface area contributed by atoms with Crippen LogP contribution in [-0.4, -0.2) is 18.2 Å². The van der Waals surface area contributed by atoms with Crippen LogP contribution in [0.1, 0.15) is 24.3 Å². The largest absolute Gasteiger partial charge is 0.506 e. The van der Waals surface area contributed by atoms with Crippen LogP contribution in [0.15, 0.2) is 18.2 Å². The number of aromatic hydroxyl groups is 1. The first-order valence-electron chi connectivity index (χ1n) is 4.97. The molecular formula is C11H14ClNO. The van der Waals surface area contributed by atoms with Crippen molar-refractivity contribution in [2.24, 2.45) is 0 Å². The van der Waals surface area contributed by atoms with E-state index in [0.717, 1.165) is 31.5 Å². The number of para-hydroxylation sites is 1. The summed E-state index contributed by atoms with van der Waals surface area (Å²) in [6, 6.07) is 5.57. The Labute approximate surface area is 88.9 Å². The highest BCUT2D eigenvalue weighted by Crippen LogP contribution is 2.34.